The predicted octanol–water partition coefficient (Wildman–Crippen LogP) is 2.22. The SMILES string of the molecule is C=C(C)CC(N)C(=O)OCC.[Cl][Pd][Cl]. The van der Waals surface area contributed by atoms with E-state index in [-0.39, 0.29) is 21.9 Å². The summed E-state index contributed by atoms with van der Waals surface area (Å²) in [5.41, 5.74) is 6.36. The first-order valence-electron chi connectivity index (χ1n) is 3.88. The van der Waals surface area contributed by atoms with Gasteiger partial charge in [0.05, 0.1) is 6.61 Å². The fourth-order valence-corrected chi connectivity index (χ4v) is 0.708. The molecular formula is C8H15Cl2NO2Pd. The zero-order valence-electron chi connectivity index (χ0n) is 8.16. The number of esters is 1. The van der Waals surface area contributed by atoms with Gasteiger partial charge >= 0.3 is 41.0 Å². The van der Waals surface area contributed by atoms with Crippen molar-refractivity contribution < 1.29 is 25.5 Å². The summed E-state index contributed by atoms with van der Waals surface area (Å²) < 4.78 is 4.70. The van der Waals surface area contributed by atoms with E-state index in [0.29, 0.717) is 13.0 Å². The first kappa shape index (κ1) is 16.8. The van der Waals surface area contributed by atoms with Gasteiger partial charge in [-0.25, -0.2) is 0 Å². The van der Waals surface area contributed by atoms with E-state index in [4.69, 9.17) is 29.5 Å². The van der Waals surface area contributed by atoms with Crippen molar-refractivity contribution in [1.29, 1.82) is 0 Å². The molecule has 0 amide bonds. The van der Waals surface area contributed by atoms with Crippen molar-refractivity contribution in [3.63, 3.8) is 0 Å². The number of carbonyl (C=O) groups is 1. The molecule has 3 nitrogen and oxygen atoms in total. The summed E-state index contributed by atoms with van der Waals surface area (Å²) >= 11 is -0.106. The van der Waals surface area contributed by atoms with Gasteiger partial charge in [0.1, 0.15) is 6.04 Å². The van der Waals surface area contributed by atoms with Crippen molar-refractivity contribution in [2.45, 2.75) is 26.3 Å². The molecule has 0 bridgehead atoms. The van der Waals surface area contributed by atoms with Gasteiger partial charge in [0.2, 0.25) is 0 Å². The fraction of sp³-hybridized carbons (Fsp3) is 0.625. The summed E-state index contributed by atoms with van der Waals surface area (Å²) in [7, 11) is 9.63. The van der Waals surface area contributed by atoms with Crippen LogP contribution in [0.3, 0.4) is 0 Å². The van der Waals surface area contributed by atoms with Gasteiger partial charge in [0.25, 0.3) is 0 Å². The molecule has 0 spiro atoms. The standard InChI is InChI=1S/C8H15NO2.2ClH.Pd/c1-4-11-8(10)7(9)5-6(2)3;;;/h7H,2,4-5,9H2,1,3H3;2*1H;/q;;;+2/p-2. The maximum absolute atomic E-state index is 10.9. The van der Waals surface area contributed by atoms with Gasteiger partial charge in [0.15, 0.2) is 0 Å². The van der Waals surface area contributed by atoms with E-state index in [2.05, 4.69) is 6.58 Å². The van der Waals surface area contributed by atoms with Crippen LogP contribution in [0.2, 0.25) is 0 Å². The van der Waals surface area contributed by atoms with Crippen molar-refractivity contribution >= 4 is 25.0 Å². The normalized spacial score (nSPS) is 11.2. The van der Waals surface area contributed by atoms with Crippen LogP contribution < -0.4 is 5.73 Å². The Morgan fingerprint density at radius 3 is 2.36 bits per heavy atom. The third-order valence-electron chi connectivity index (χ3n) is 1.16. The van der Waals surface area contributed by atoms with Crippen molar-refractivity contribution in [2.75, 3.05) is 6.61 Å². The molecule has 0 saturated carbocycles. The van der Waals surface area contributed by atoms with Gasteiger partial charge in [0, 0.05) is 0 Å². The number of halogens is 2. The average molecular weight is 335 g/mol. The quantitative estimate of drug-likeness (QED) is 0.487. The van der Waals surface area contributed by atoms with Crippen molar-refractivity contribution in [2.24, 2.45) is 5.73 Å². The van der Waals surface area contributed by atoms with Gasteiger partial charge < -0.3 is 10.5 Å². The van der Waals surface area contributed by atoms with Crippen LogP contribution in [0, 0.1) is 0 Å². The predicted molar refractivity (Wildman–Crippen MR) is 55.7 cm³/mol. The van der Waals surface area contributed by atoms with Gasteiger partial charge in [-0.2, -0.15) is 0 Å². The van der Waals surface area contributed by atoms with E-state index in [9.17, 15) is 4.79 Å². The molecular weight excluding hydrogens is 319 g/mol. The topological polar surface area (TPSA) is 52.3 Å². The second-order valence-electron chi connectivity index (χ2n) is 2.56. The molecule has 1 unspecified atom stereocenters. The second kappa shape index (κ2) is 11.5. The number of hydrogen-bond donors (Lipinski definition) is 1. The van der Waals surface area contributed by atoms with Crippen LogP contribution in [0.1, 0.15) is 20.3 Å². The van der Waals surface area contributed by atoms with Crippen LogP contribution in [0.4, 0.5) is 0 Å². The Labute approximate surface area is 101 Å². The molecule has 1 atom stereocenters. The first-order valence-corrected chi connectivity index (χ1v) is 7.88. The molecule has 0 aromatic rings. The summed E-state index contributed by atoms with van der Waals surface area (Å²) in [6, 6.07) is -0.549. The van der Waals surface area contributed by atoms with Crippen molar-refractivity contribution in [3.05, 3.63) is 12.2 Å². The number of nitrogens with two attached hydrogens (primary N) is 1. The van der Waals surface area contributed by atoms with Crippen LogP contribution in [0.25, 0.3) is 0 Å². The van der Waals surface area contributed by atoms with Crippen molar-refractivity contribution in [1.82, 2.24) is 0 Å². The molecule has 0 rings (SSSR count). The Kier molecular flexibility index (Phi) is 13.8. The van der Waals surface area contributed by atoms with E-state index >= 15 is 0 Å². The molecule has 0 aliphatic heterocycles. The number of carbonyl (C=O) groups excluding carboxylic acids is 1. The molecule has 88 valence electrons. The fourth-order valence-electron chi connectivity index (χ4n) is 0.708. The monoisotopic (exact) mass is 333 g/mol. The van der Waals surface area contributed by atoms with E-state index in [1.807, 2.05) is 6.92 Å². The summed E-state index contributed by atoms with van der Waals surface area (Å²) in [6.45, 7) is 7.62. The van der Waals surface area contributed by atoms with Crippen LogP contribution in [-0.2, 0) is 25.5 Å². The summed E-state index contributed by atoms with van der Waals surface area (Å²) in [5, 5.41) is 0. The molecule has 0 saturated heterocycles. The molecule has 0 aliphatic rings. The summed E-state index contributed by atoms with van der Waals surface area (Å²) in [4.78, 5) is 10.9. The Balaban J connectivity index is 0. The third-order valence-corrected chi connectivity index (χ3v) is 1.16. The molecule has 0 fully saturated rings. The first-order chi connectivity index (χ1) is 6.49. The molecule has 0 aromatic heterocycles. The van der Waals surface area contributed by atoms with E-state index < -0.39 is 6.04 Å². The Morgan fingerprint density at radius 2 is 2.07 bits per heavy atom. The Morgan fingerprint density at radius 1 is 1.64 bits per heavy atom. The van der Waals surface area contributed by atoms with E-state index in [1.54, 1.807) is 6.92 Å². The number of rotatable bonds is 4. The van der Waals surface area contributed by atoms with E-state index in [0.717, 1.165) is 5.57 Å². The molecule has 0 heterocycles. The summed E-state index contributed by atoms with van der Waals surface area (Å²) in [5.74, 6) is -0.351. The van der Waals surface area contributed by atoms with Crippen LogP contribution in [0.5, 0.6) is 0 Å². The minimum atomic E-state index is -0.549. The van der Waals surface area contributed by atoms with Crippen LogP contribution >= 0.6 is 19.1 Å². The van der Waals surface area contributed by atoms with Crippen LogP contribution in [-0.4, -0.2) is 18.6 Å². The number of ether oxygens (including phenoxy) is 1. The molecule has 0 aromatic carbocycles. The van der Waals surface area contributed by atoms with E-state index in [1.165, 1.54) is 0 Å². The second-order valence-corrected chi connectivity index (χ2v) is 4.93. The van der Waals surface area contributed by atoms with Gasteiger partial charge in [-0.15, -0.1) is 6.58 Å². The average Bonchev–Trinajstić information content (AvgIpc) is 2.04. The Bertz CT molecular complexity index is 179. The third kappa shape index (κ3) is 12.4. The van der Waals surface area contributed by atoms with Gasteiger partial charge in [-0.05, 0) is 20.3 Å². The Hall–Kier alpha value is 0.412. The van der Waals surface area contributed by atoms with Crippen LogP contribution in [0.15, 0.2) is 12.2 Å². The van der Waals surface area contributed by atoms with Crippen molar-refractivity contribution in [3.8, 4) is 0 Å². The minimum absolute atomic E-state index is 0.106. The zero-order chi connectivity index (χ0) is 11.6. The van der Waals surface area contributed by atoms with Gasteiger partial charge in [-0.1, -0.05) is 5.57 Å². The maximum atomic E-state index is 10.9. The van der Waals surface area contributed by atoms with Gasteiger partial charge in [-0.3, -0.25) is 4.79 Å². The summed E-state index contributed by atoms with van der Waals surface area (Å²) in [6.07, 6.45) is 0.499. The molecule has 14 heavy (non-hydrogen) atoms. The molecule has 0 radical (unpaired) electrons. The molecule has 2 N–H and O–H groups in total. The molecule has 0 aliphatic carbocycles. The molecule has 6 heteroatoms. The zero-order valence-corrected chi connectivity index (χ0v) is 11.2. The number of hydrogen-bond acceptors (Lipinski definition) is 3.